The Bertz CT molecular complexity index is 599. The molecular formula is C15H21FN2O2S. The van der Waals surface area contributed by atoms with Gasteiger partial charge in [0.15, 0.2) is 0 Å². The summed E-state index contributed by atoms with van der Waals surface area (Å²) in [5.74, 6) is -0.332. The Kier molecular flexibility index (Phi) is 4.28. The van der Waals surface area contributed by atoms with Crippen molar-refractivity contribution in [1.82, 2.24) is 9.62 Å². The minimum absolute atomic E-state index is 0.204. The summed E-state index contributed by atoms with van der Waals surface area (Å²) in [6.07, 6.45) is 4.15. The Morgan fingerprint density at radius 2 is 2.00 bits per heavy atom. The van der Waals surface area contributed by atoms with E-state index in [1.54, 1.807) is 6.07 Å². The molecule has 1 N–H and O–H groups in total. The molecule has 3 rings (SSSR count). The van der Waals surface area contributed by atoms with Crippen molar-refractivity contribution in [2.24, 2.45) is 5.92 Å². The van der Waals surface area contributed by atoms with Crippen LogP contribution in [0.2, 0.25) is 0 Å². The highest BCUT2D eigenvalue weighted by Gasteiger charge is 2.35. The molecule has 2 aliphatic rings. The highest BCUT2D eigenvalue weighted by molar-refractivity contribution is 7.89. The third kappa shape index (κ3) is 2.98. The molecule has 0 amide bonds. The van der Waals surface area contributed by atoms with Crippen LogP contribution in [-0.2, 0) is 10.0 Å². The third-order valence-corrected chi connectivity index (χ3v) is 6.44. The lowest BCUT2D eigenvalue weighted by atomic mass is 9.91. The summed E-state index contributed by atoms with van der Waals surface area (Å²) in [6, 6.07) is 6.03. The molecule has 0 bridgehead atoms. The second kappa shape index (κ2) is 6.02. The largest absolute Gasteiger partial charge is 0.314 e. The van der Waals surface area contributed by atoms with Gasteiger partial charge in [-0.05, 0) is 50.3 Å². The van der Waals surface area contributed by atoms with E-state index < -0.39 is 15.8 Å². The summed E-state index contributed by atoms with van der Waals surface area (Å²) >= 11 is 0. The summed E-state index contributed by atoms with van der Waals surface area (Å²) < 4.78 is 40.5. The van der Waals surface area contributed by atoms with Crippen LogP contribution in [0.3, 0.4) is 0 Å². The third-order valence-electron chi connectivity index (χ3n) is 4.54. The van der Waals surface area contributed by atoms with E-state index >= 15 is 0 Å². The highest BCUT2D eigenvalue weighted by atomic mass is 32.2. The van der Waals surface area contributed by atoms with E-state index in [4.69, 9.17) is 0 Å². The van der Waals surface area contributed by atoms with Crippen LogP contribution in [0, 0.1) is 11.7 Å². The zero-order valence-electron chi connectivity index (χ0n) is 12.0. The van der Waals surface area contributed by atoms with Gasteiger partial charge >= 0.3 is 0 Å². The molecule has 2 atom stereocenters. The maximum atomic E-state index is 13.8. The van der Waals surface area contributed by atoms with Gasteiger partial charge in [0.25, 0.3) is 0 Å². The predicted octanol–water partition coefficient (Wildman–Crippen LogP) is 1.98. The van der Waals surface area contributed by atoms with Gasteiger partial charge in [-0.3, -0.25) is 0 Å². The first-order valence-electron chi connectivity index (χ1n) is 7.57. The first-order valence-corrected chi connectivity index (χ1v) is 9.01. The Morgan fingerprint density at radius 3 is 2.71 bits per heavy atom. The average Bonchev–Trinajstić information content (AvgIpc) is 3.02. The molecule has 2 heterocycles. The smallest absolute Gasteiger partial charge is 0.245 e. The van der Waals surface area contributed by atoms with Crippen LogP contribution in [0.15, 0.2) is 29.2 Å². The Labute approximate surface area is 125 Å². The number of benzene rings is 1. The number of sulfonamides is 1. The van der Waals surface area contributed by atoms with Gasteiger partial charge in [-0.2, -0.15) is 4.31 Å². The van der Waals surface area contributed by atoms with Crippen molar-refractivity contribution in [2.45, 2.75) is 36.6 Å². The van der Waals surface area contributed by atoms with Crippen molar-refractivity contribution in [3.05, 3.63) is 30.1 Å². The lowest BCUT2D eigenvalue weighted by molar-refractivity contribution is 0.226. The van der Waals surface area contributed by atoms with Gasteiger partial charge in [-0.15, -0.1) is 0 Å². The topological polar surface area (TPSA) is 49.4 Å². The minimum atomic E-state index is -3.72. The molecule has 1 aromatic carbocycles. The van der Waals surface area contributed by atoms with Crippen LogP contribution in [0.25, 0.3) is 0 Å². The summed E-state index contributed by atoms with van der Waals surface area (Å²) in [5, 5.41) is 3.45. The SMILES string of the molecule is O=S(=O)(c1ccccc1F)N1CCCC(C2CCCN2)C1. The van der Waals surface area contributed by atoms with Gasteiger partial charge in [0.2, 0.25) is 10.0 Å². The van der Waals surface area contributed by atoms with Gasteiger partial charge in [0, 0.05) is 19.1 Å². The van der Waals surface area contributed by atoms with Gasteiger partial charge in [0.1, 0.15) is 10.7 Å². The second-order valence-corrected chi connectivity index (χ2v) is 7.80. The Morgan fingerprint density at radius 1 is 1.19 bits per heavy atom. The van der Waals surface area contributed by atoms with E-state index in [2.05, 4.69) is 5.32 Å². The zero-order chi connectivity index (χ0) is 14.9. The number of rotatable bonds is 3. The summed E-state index contributed by atoms with van der Waals surface area (Å²) in [6.45, 7) is 2.00. The predicted molar refractivity (Wildman–Crippen MR) is 78.9 cm³/mol. The fourth-order valence-corrected chi connectivity index (χ4v) is 5.03. The number of piperidine rings is 1. The van der Waals surface area contributed by atoms with Crippen LogP contribution in [-0.4, -0.2) is 38.4 Å². The monoisotopic (exact) mass is 312 g/mol. The molecule has 0 saturated carbocycles. The molecule has 21 heavy (non-hydrogen) atoms. The molecule has 0 spiro atoms. The second-order valence-electron chi connectivity index (χ2n) is 5.90. The molecule has 0 aliphatic carbocycles. The molecule has 0 aromatic heterocycles. The maximum Gasteiger partial charge on any atom is 0.245 e. The van der Waals surface area contributed by atoms with E-state index in [0.717, 1.165) is 32.2 Å². The standard InChI is InChI=1S/C15H21FN2O2S/c16-13-6-1-2-8-15(13)21(19,20)18-10-4-5-12(11-18)14-7-3-9-17-14/h1-2,6,8,12,14,17H,3-5,7,9-11H2. The molecule has 1 aromatic rings. The molecule has 2 unspecified atom stereocenters. The van der Waals surface area contributed by atoms with Gasteiger partial charge in [-0.25, -0.2) is 12.8 Å². The fourth-order valence-electron chi connectivity index (χ4n) is 3.43. The molecule has 2 saturated heterocycles. The number of halogens is 1. The normalized spacial score (nSPS) is 27.9. The van der Waals surface area contributed by atoms with Gasteiger partial charge in [0.05, 0.1) is 0 Å². The van der Waals surface area contributed by atoms with Crippen LogP contribution in [0.5, 0.6) is 0 Å². The van der Waals surface area contributed by atoms with Crippen molar-refractivity contribution in [3.8, 4) is 0 Å². The quantitative estimate of drug-likeness (QED) is 0.928. The molecule has 2 aliphatic heterocycles. The Balaban J connectivity index is 1.80. The van der Waals surface area contributed by atoms with E-state index in [-0.39, 0.29) is 4.90 Å². The molecular weight excluding hydrogens is 291 g/mol. The van der Waals surface area contributed by atoms with Crippen molar-refractivity contribution < 1.29 is 12.8 Å². The van der Waals surface area contributed by atoms with E-state index in [1.807, 2.05) is 0 Å². The molecule has 0 radical (unpaired) electrons. The lowest BCUT2D eigenvalue weighted by Crippen LogP contribution is -2.45. The summed E-state index contributed by atoms with van der Waals surface area (Å²) in [7, 11) is -3.72. The van der Waals surface area contributed by atoms with E-state index in [9.17, 15) is 12.8 Å². The maximum absolute atomic E-state index is 13.8. The number of nitrogens with one attached hydrogen (secondary N) is 1. The molecule has 4 nitrogen and oxygen atoms in total. The van der Waals surface area contributed by atoms with E-state index in [0.29, 0.717) is 25.0 Å². The fraction of sp³-hybridized carbons (Fsp3) is 0.600. The minimum Gasteiger partial charge on any atom is -0.314 e. The van der Waals surface area contributed by atoms with Gasteiger partial charge in [-0.1, -0.05) is 12.1 Å². The molecule has 6 heteroatoms. The van der Waals surface area contributed by atoms with E-state index in [1.165, 1.54) is 22.5 Å². The number of hydrogen-bond acceptors (Lipinski definition) is 3. The number of hydrogen-bond donors (Lipinski definition) is 1. The lowest BCUT2D eigenvalue weighted by Gasteiger charge is -2.35. The van der Waals surface area contributed by atoms with Crippen molar-refractivity contribution in [2.75, 3.05) is 19.6 Å². The summed E-state index contributed by atoms with van der Waals surface area (Å²) in [4.78, 5) is -0.204. The number of nitrogens with zero attached hydrogens (tertiary/aromatic N) is 1. The zero-order valence-corrected chi connectivity index (χ0v) is 12.8. The highest BCUT2D eigenvalue weighted by Crippen LogP contribution is 2.29. The van der Waals surface area contributed by atoms with Crippen LogP contribution >= 0.6 is 0 Å². The van der Waals surface area contributed by atoms with Crippen LogP contribution in [0.4, 0.5) is 4.39 Å². The molecule has 116 valence electrons. The average molecular weight is 312 g/mol. The van der Waals surface area contributed by atoms with Crippen LogP contribution < -0.4 is 5.32 Å². The first kappa shape index (κ1) is 14.9. The van der Waals surface area contributed by atoms with Gasteiger partial charge < -0.3 is 5.32 Å². The first-order chi connectivity index (χ1) is 10.1. The summed E-state index contributed by atoms with van der Waals surface area (Å²) in [5.41, 5.74) is 0. The van der Waals surface area contributed by atoms with Crippen molar-refractivity contribution in [3.63, 3.8) is 0 Å². The van der Waals surface area contributed by atoms with Crippen molar-refractivity contribution >= 4 is 10.0 Å². The van der Waals surface area contributed by atoms with Crippen LogP contribution in [0.1, 0.15) is 25.7 Å². The molecule has 2 fully saturated rings. The van der Waals surface area contributed by atoms with Crippen molar-refractivity contribution in [1.29, 1.82) is 0 Å². The Hall–Kier alpha value is -0.980.